The van der Waals surface area contributed by atoms with Crippen molar-refractivity contribution in [2.24, 2.45) is 0 Å². The number of carbonyl (C=O) groups is 1. The minimum atomic E-state index is -1.44. The molecule has 1 aromatic carbocycles. The van der Waals surface area contributed by atoms with Crippen molar-refractivity contribution in [2.75, 3.05) is 12.4 Å². The largest absolute Gasteiger partial charge is 0.479 e. The fourth-order valence-corrected chi connectivity index (χ4v) is 0.975. The maximum Gasteiger partial charge on any atom is 0.337 e. The van der Waals surface area contributed by atoms with Gasteiger partial charge in [0.2, 0.25) is 0 Å². The van der Waals surface area contributed by atoms with E-state index in [1.165, 1.54) is 0 Å². The predicted octanol–water partition coefficient (Wildman–Crippen LogP) is 0.846. The van der Waals surface area contributed by atoms with Gasteiger partial charge in [0.1, 0.15) is 0 Å². The number of benzene rings is 1. The number of carboxylic acid groups (broad SMARTS) is 1. The summed E-state index contributed by atoms with van der Waals surface area (Å²) in [6.45, 7) is 0. The second kappa shape index (κ2) is 3.91. The number of hydrogen-bond donors (Lipinski definition) is 3. The van der Waals surface area contributed by atoms with Gasteiger partial charge in [-0.1, -0.05) is 12.1 Å². The van der Waals surface area contributed by atoms with Gasteiger partial charge in [0.25, 0.3) is 0 Å². The zero-order valence-corrected chi connectivity index (χ0v) is 7.19. The van der Waals surface area contributed by atoms with E-state index in [-0.39, 0.29) is 0 Å². The van der Waals surface area contributed by atoms with Gasteiger partial charge in [-0.2, -0.15) is 0 Å². The van der Waals surface area contributed by atoms with Gasteiger partial charge in [-0.3, -0.25) is 0 Å². The molecule has 0 aliphatic rings. The Morgan fingerprint density at radius 3 is 2.31 bits per heavy atom. The van der Waals surface area contributed by atoms with Gasteiger partial charge < -0.3 is 15.5 Å². The second-order valence-corrected chi connectivity index (χ2v) is 2.61. The molecule has 0 aliphatic carbocycles. The Balaban J connectivity index is 2.85. The van der Waals surface area contributed by atoms with E-state index in [1.54, 1.807) is 31.3 Å². The number of nitrogens with one attached hydrogen (secondary N) is 1. The number of anilines is 1. The van der Waals surface area contributed by atoms with Crippen molar-refractivity contribution in [3.63, 3.8) is 0 Å². The van der Waals surface area contributed by atoms with Gasteiger partial charge in [-0.15, -0.1) is 0 Å². The SMILES string of the molecule is CNc1ccc([C@@H](O)C(=O)O)cc1. The Morgan fingerprint density at radius 2 is 1.92 bits per heavy atom. The molecule has 0 radical (unpaired) electrons. The molecule has 4 heteroatoms. The van der Waals surface area contributed by atoms with Crippen molar-refractivity contribution in [3.8, 4) is 0 Å². The molecule has 0 aliphatic heterocycles. The molecule has 0 aromatic heterocycles. The summed E-state index contributed by atoms with van der Waals surface area (Å²) in [6, 6.07) is 6.57. The maximum atomic E-state index is 10.4. The number of hydrogen-bond acceptors (Lipinski definition) is 3. The van der Waals surface area contributed by atoms with Crippen molar-refractivity contribution in [1.82, 2.24) is 0 Å². The first-order valence-corrected chi connectivity index (χ1v) is 3.83. The first kappa shape index (κ1) is 9.54. The van der Waals surface area contributed by atoms with E-state index in [2.05, 4.69) is 5.32 Å². The fourth-order valence-electron chi connectivity index (χ4n) is 0.975. The van der Waals surface area contributed by atoms with Crippen LogP contribution in [0, 0.1) is 0 Å². The molecule has 0 spiro atoms. The van der Waals surface area contributed by atoms with Crippen molar-refractivity contribution < 1.29 is 15.0 Å². The van der Waals surface area contributed by atoms with Crippen molar-refractivity contribution in [3.05, 3.63) is 29.8 Å². The predicted molar refractivity (Wildman–Crippen MR) is 48.6 cm³/mol. The molecule has 0 saturated heterocycles. The molecule has 0 bridgehead atoms. The van der Waals surface area contributed by atoms with Crippen molar-refractivity contribution in [2.45, 2.75) is 6.10 Å². The third kappa shape index (κ3) is 2.19. The molecular formula is C9H11NO3. The van der Waals surface area contributed by atoms with Crippen molar-refractivity contribution >= 4 is 11.7 Å². The summed E-state index contributed by atoms with van der Waals surface area (Å²) in [6.07, 6.45) is -1.44. The monoisotopic (exact) mass is 181 g/mol. The molecule has 0 heterocycles. The minimum absolute atomic E-state index is 0.381. The van der Waals surface area contributed by atoms with E-state index in [1.807, 2.05) is 0 Å². The third-order valence-corrected chi connectivity index (χ3v) is 1.75. The molecule has 0 unspecified atom stereocenters. The maximum absolute atomic E-state index is 10.4. The molecule has 1 atom stereocenters. The van der Waals surface area contributed by atoms with Crippen LogP contribution < -0.4 is 5.32 Å². The average molecular weight is 181 g/mol. The van der Waals surface area contributed by atoms with Gasteiger partial charge in [-0.25, -0.2) is 4.79 Å². The smallest absolute Gasteiger partial charge is 0.337 e. The lowest BCUT2D eigenvalue weighted by atomic mass is 10.1. The summed E-state index contributed by atoms with van der Waals surface area (Å²) in [5, 5.41) is 20.5. The molecule has 70 valence electrons. The number of aliphatic carboxylic acids is 1. The van der Waals surface area contributed by atoms with Crippen LogP contribution in [0.4, 0.5) is 5.69 Å². The van der Waals surface area contributed by atoms with Gasteiger partial charge in [0, 0.05) is 12.7 Å². The standard InChI is InChI=1S/C9H11NO3/c1-10-7-4-2-6(3-5-7)8(11)9(12)13/h2-5,8,10-11H,1H3,(H,12,13)/t8-/m1/s1. The van der Waals surface area contributed by atoms with E-state index in [0.29, 0.717) is 5.56 Å². The van der Waals surface area contributed by atoms with Crippen LogP contribution in [0.25, 0.3) is 0 Å². The minimum Gasteiger partial charge on any atom is -0.479 e. The van der Waals surface area contributed by atoms with Gasteiger partial charge in [-0.05, 0) is 17.7 Å². The Kier molecular flexibility index (Phi) is 2.87. The van der Waals surface area contributed by atoms with Crippen LogP contribution in [0.3, 0.4) is 0 Å². The Labute approximate surface area is 75.8 Å². The van der Waals surface area contributed by atoms with Gasteiger partial charge >= 0.3 is 5.97 Å². The quantitative estimate of drug-likeness (QED) is 0.646. The van der Waals surface area contributed by atoms with Crippen LogP contribution in [0.2, 0.25) is 0 Å². The highest BCUT2D eigenvalue weighted by atomic mass is 16.4. The van der Waals surface area contributed by atoms with Crippen LogP contribution in [-0.2, 0) is 4.79 Å². The topological polar surface area (TPSA) is 69.6 Å². The molecule has 13 heavy (non-hydrogen) atoms. The zero-order valence-electron chi connectivity index (χ0n) is 7.19. The average Bonchev–Trinajstić information content (AvgIpc) is 2.17. The fraction of sp³-hybridized carbons (Fsp3) is 0.222. The number of aliphatic hydroxyl groups is 1. The Morgan fingerprint density at radius 1 is 1.38 bits per heavy atom. The summed E-state index contributed by atoms with van der Waals surface area (Å²) in [5.41, 5.74) is 1.26. The second-order valence-electron chi connectivity index (χ2n) is 2.61. The molecule has 0 amide bonds. The Hall–Kier alpha value is -1.55. The highest BCUT2D eigenvalue weighted by Crippen LogP contribution is 2.15. The highest BCUT2D eigenvalue weighted by molar-refractivity contribution is 5.74. The Bertz CT molecular complexity index is 294. The lowest BCUT2D eigenvalue weighted by Gasteiger charge is -2.06. The van der Waals surface area contributed by atoms with E-state index in [0.717, 1.165) is 5.69 Å². The lowest BCUT2D eigenvalue weighted by Crippen LogP contribution is -2.10. The zero-order chi connectivity index (χ0) is 9.84. The molecule has 1 aromatic rings. The first-order valence-electron chi connectivity index (χ1n) is 3.83. The molecule has 0 saturated carbocycles. The molecule has 3 N–H and O–H groups in total. The van der Waals surface area contributed by atoms with E-state index in [4.69, 9.17) is 10.2 Å². The van der Waals surface area contributed by atoms with Crippen LogP contribution in [-0.4, -0.2) is 23.2 Å². The van der Waals surface area contributed by atoms with Crippen molar-refractivity contribution in [1.29, 1.82) is 0 Å². The third-order valence-electron chi connectivity index (χ3n) is 1.75. The first-order chi connectivity index (χ1) is 6.15. The van der Waals surface area contributed by atoms with E-state index >= 15 is 0 Å². The summed E-state index contributed by atoms with van der Waals surface area (Å²) < 4.78 is 0. The van der Waals surface area contributed by atoms with Gasteiger partial charge in [0.05, 0.1) is 0 Å². The summed E-state index contributed by atoms with van der Waals surface area (Å²) >= 11 is 0. The number of carboxylic acids is 1. The molecule has 4 nitrogen and oxygen atoms in total. The number of aliphatic hydroxyl groups excluding tert-OH is 1. The van der Waals surface area contributed by atoms with Gasteiger partial charge in [0.15, 0.2) is 6.10 Å². The van der Waals surface area contributed by atoms with Crippen LogP contribution in [0.1, 0.15) is 11.7 Å². The van der Waals surface area contributed by atoms with E-state index < -0.39 is 12.1 Å². The molecule has 1 rings (SSSR count). The number of rotatable bonds is 3. The molecular weight excluding hydrogens is 170 g/mol. The summed E-state index contributed by atoms with van der Waals surface area (Å²) in [5.74, 6) is -1.24. The molecule has 0 fully saturated rings. The van der Waals surface area contributed by atoms with Crippen LogP contribution >= 0.6 is 0 Å². The van der Waals surface area contributed by atoms with Crippen LogP contribution in [0.15, 0.2) is 24.3 Å². The highest BCUT2D eigenvalue weighted by Gasteiger charge is 2.14. The summed E-state index contributed by atoms with van der Waals surface area (Å²) in [4.78, 5) is 10.4. The van der Waals surface area contributed by atoms with E-state index in [9.17, 15) is 4.79 Å². The normalized spacial score (nSPS) is 12.2. The summed E-state index contributed by atoms with van der Waals surface area (Å²) in [7, 11) is 1.77. The van der Waals surface area contributed by atoms with Crippen LogP contribution in [0.5, 0.6) is 0 Å². The lowest BCUT2D eigenvalue weighted by molar-refractivity contribution is -0.146.